The normalized spacial score (nSPS) is 32.7. The molecule has 1 N–H and O–H groups in total. The van der Waals surface area contributed by atoms with Gasteiger partial charge in [-0.05, 0) is 0 Å². The third-order valence-corrected chi connectivity index (χ3v) is 7.40. The molecule has 100 valence electrons. The molecule has 1 saturated carbocycles. The first-order valence-corrected chi connectivity index (χ1v) is 8.77. The van der Waals surface area contributed by atoms with Crippen molar-refractivity contribution >= 4 is 19.4 Å². The third kappa shape index (κ3) is 3.38. The van der Waals surface area contributed by atoms with E-state index in [-0.39, 0.29) is 0 Å². The number of aliphatic hydroxyl groups is 1. The molecule has 0 amide bonds. The Labute approximate surface area is 117 Å². The van der Waals surface area contributed by atoms with Gasteiger partial charge in [0.2, 0.25) is 0 Å². The van der Waals surface area contributed by atoms with Gasteiger partial charge in [-0.15, -0.1) is 0 Å². The predicted molar refractivity (Wildman–Crippen MR) is 78.4 cm³/mol. The van der Waals surface area contributed by atoms with Crippen LogP contribution in [0.25, 0.3) is 0 Å². The van der Waals surface area contributed by atoms with E-state index in [0.29, 0.717) is 19.8 Å². The van der Waals surface area contributed by atoms with Crippen molar-refractivity contribution in [1.29, 1.82) is 0 Å². The van der Waals surface area contributed by atoms with E-state index in [2.05, 4.69) is 44.2 Å². The summed E-state index contributed by atoms with van der Waals surface area (Å²) >= 11 is 0.387. The fraction of sp³-hybridized carbons (Fsp3) is 0.625. The summed E-state index contributed by atoms with van der Waals surface area (Å²) in [6.45, 7) is 6.67. The molecule has 1 aromatic rings. The predicted octanol–water partition coefficient (Wildman–Crippen LogP) is 3.01. The van der Waals surface area contributed by atoms with Crippen molar-refractivity contribution in [3.8, 4) is 0 Å². The Balaban J connectivity index is 2.08. The summed E-state index contributed by atoms with van der Waals surface area (Å²) < 4.78 is 1.42. The zero-order valence-corrected chi connectivity index (χ0v) is 13.3. The molecule has 1 nitrogen and oxygen atoms in total. The van der Waals surface area contributed by atoms with E-state index < -0.39 is 5.60 Å². The van der Waals surface area contributed by atoms with Gasteiger partial charge in [-0.25, -0.2) is 0 Å². The Morgan fingerprint density at radius 2 is 1.94 bits per heavy atom. The summed E-state index contributed by atoms with van der Waals surface area (Å²) in [7, 11) is 0. The third-order valence-electron chi connectivity index (χ3n) is 4.20. The molecular weight excluding hydrogens is 287 g/mol. The van der Waals surface area contributed by atoms with Crippen LogP contribution in [0.3, 0.4) is 0 Å². The van der Waals surface area contributed by atoms with Gasteiger partial charge in [-0.2, -0.15) is 0 Å². The molecular formula is C16H24OSe. The number of rotatable bonds is 3. The monoisotopic (exact) mass is 312 g/mol. The van der Waals surface area contributed by atoms with Crippen molar-refractivity contribution in [3.63, 3.8) is 0 Å². The molecule has 0 aliphatic heterocycles. The van der Waals surface area contributed by atoms with Crippen LogP contribution in [0.1, 0.15) is 40.0 Å². The first kappa shape index (κ1) is 14.1. The molecule has 1 aliphatic carbocycles. The van der Waals surface area contributed by atoms with Crippen LogP contribution in [0.15, 0.2) is 30.3 Å². The maximum atomic E-state index is 10.6. The molecule has 18 heavy (non-hydrogen) atoms. The second-order valence-electron chi connectivity index (χ2n) is 6.06. The minimum absolute atomic E-state index is 0.387. The van der Waals surface area contributed by atoms with E-state index in [1.807, 2.05) is 6.92 Å². The van der Waals surface area contributed by atoms with Gasteiger partial charge in [0, 0.05) is 0 Å². The van der Waals surface area contributed by atoms with E-state index in [1.54, 1.807) is 0 Å². The van der Waals surface area contributed by atoms with Crippen molar-refractivity contribution < 1.29 is 5.11 Å². The van der Waals surface area contributed by atoms with E-state index >= 15 is 0 Å². The van der Waals surface area contributed by atoms with E-state index in [0.717, 1.165) is 18.3 Å². The van der Waals surface area contributed by atoms with Gasteiger partial charge in [0.25, 0.3) is 0 Å². The van der Waals surface area contributed by atoms with Crippen LogP contribution >= 0.6 is 0 Å². The van der Waals surface area contributed by atoms with Crippen molar-refractivity contribution in [3.05, 3.63) is 30.3 Å². The van der Waals surface area contributed by atoms with E-state index in [9.17, 15) is 5.11 Å². The fourth-order valence-corrected chi connectivity index (χ4v) is 5.58. The first-order valence-electron chi connectivity index (χ1n) is 6.93. The Morgan fingerprint density at radius 1 is 1.28 bits per heavy atom. The summed E-state index contributed by atoms with van der Waals surface area (Å²) in [6, 6.07) is 10.7. The molecule has 0 heterocycles. The van der Waals surface area contributed by atoms with Gasteiger partial charge >= 0.3 is 117 Å². The average Bonchev–Trinajstić information content (AvgIpc) is 2.33. The molecule has 0 spiro atoms. The summed E-state index contributed by atoms with van der Waals surface area (Å²) in [4.78, 5) is 0.466. The van der Waals surface area contributed by atoms with Crippen LogP contribution in [-0.2, 0) is 0 Å². The number of hydrogen-bond donors (Lipinski definition) is 1. The van der Waals surface area contributed by atoms with Crippen LogP contribution in [0.5, 0.6) is 0 Å². The zero-order valence-electron chi connectivity index (χ0n) is 11.6. The van der Waals surface area contributed by atoms with Crippen molar-refractivity contribution in [2.45, 2.75) is 50.5 Å². The standard InChI is InChI=1S/C16H24OSe/c1-12(2)13-9-10-16(3,17)15(11-13)18-14-7-5-4-6-8-14/h4-8,12-13,15,17H,9-11H2,1-3H3/t13-,15?,16?/m1/s1. The van der Waals surface area contributed by atoms with Crippen molar-refractivity contribution in [2.75, 3.05) is 0 Å². The molecule has 2 rings (SSSR count). The van der Waals surface area contributed by atoms with Gasteiger partial charge in [-0.3, -0.25) is 0 Å². The molecule has 0 saturated heterocycles. The SMILES string of the molecule is CC(C)[C@@H]1CCC(C)(O)C([Se]c2ccccc2)C1. The summed E-state index contributed by atoms with van der Waals surface area (Å²) in [6.07, 6.45) is 3.35. The van der Waals surface area contributed by atoms with Crippen LogP contribution in [-0.4, -0.2) is 25.7 Å². The van der Waals surface area contributed by atoms with Crippen LogP contribution in [0.2, 0.25) is 4.82 Å². The van der Waals surface area contributed by atoms with Gasteiger partial charge in [0.05, 0.1) is 0 Å². The summed E-state index contributed by atoms with van der Waals surface area (Å²) in [5, 5.41) is 10.6. The second kappa shape index (κ2) is 5.77. The summed E-state index contributed by atoms with van der Waals surface area (Å²) in [5.74, 6) is 1.54. The van der Waals surface area contributed by atoms with Crippen molar-refractivity contribution in [1.82, 2.24) is 0 Å². The van der Waals surface area contributed by atoms with Gasteiger partial charge < -0.3 is 0 Å². The van der Waals surface area contributed by atoms with Crippen LogP contribution < -0.4 is 4.46 Å². The van der Waals surface area contributed by atoms with Crippen LogP contribution in [0.4, 0.5) is 0 Å². The fourth-order valence-electron chi connectivity index (χ4n) is 2.73. The van der Waals surface area contributed by atoms with E-state index in [1.165, 1.54) is 17.3 Å². The Hall–Kier alpha value is -0.301. The molecule has 1 fully saturated rings. The molecule has 0 bridgehead atoms. The molecule has 2 unspecified atom stereocenters. The summed E-state index contributed by atoms with van der Waals surface area (Å²) in [5.41, 5.74) is -0.457. The van der Waals surface area contributed by atoms with Crippen LogP contribution in [0, 0.1) is 11.8 Å². The molecule has 1 aromatic carbocycles. The Morgan fingerprint density at radius 3 is 2.56 bits per heavy atom. The van der Waals surface area contributed by atoms with E-state index in [4.69, 9.17) is 0 Å². The second-order valence-corrected chi connectivity index (χ2v) is 8.73. The van der Waals surface area contributed by atoms with Crippen molar-refractivity contribution in [2.24, 2.45) is 11.8 Å². The zero-order chi connectivity index (χ0) is 13.2. The van der Waals surface area contributed by atoms with Gasteiger partial charge in [-0.1, -0.05) is 0 Å². The topological polar surface area (TPSA) is 20.2 Å². The Bertz CT molecular complexity index is 372. The number of hydrogen-bond acceptors (Lipinski definition) is 1. The molecule has 3 atom stereocenters. The quantitative estimate of drug-likeness (QED) is 0.851. The first-order chi connectivity index (χ1) is 8.49. The molecule has 0 radical (unpaired) electrons. The maximum absolute atomic E-state index is 10.6. The molecule has 1 aliphatic rings. The minimum atomic E-state index is -0.457. The molecule has 0 aromatic heterocycles. The average molecular weight is 311 g/mol. The van der Waals surface area contributed by atoms with Gasteiger partial charge in [0.15, 0.2) is 0 Å². The number of benzene rings is 1. The van der Waals surface area contributed by atoms with Gasteiger partial charge in [0.1, 0.15) is 0 Å². The Kier molecular flexibility index (Phi) is 4.53. The molecule has 2 heteroatoms.